The Morgan fingerprint density at radius 2 is 1.55 bits per heavy atom. The van der Waals surface area contributed by atoms with E-state index in [1.807, 2.05) is 81.4 Å². The molecule has 1 heterocycles. The molecule has 3 amide bonds. The highest BCUT2D eigenvalue weighted by molar-refractivity contribution is 5.86. The molecular formula is C31H42N4O5. The highest BCUT2D eigenvalue weighted by Crippen LogP contribution is 2.25. The Morgan fingerprint density at radius 1 is 0.900 bits per heavy atom. The summed E-state index contributed by atoms with van der Waals surface area (Å²) in [6.45, 7) is 7.57. The number of carbonyl (C=O) groups is 3. The molecule has 9 nitrogen and oxygen atoms in total. The molecule has 2 N–H and O–H groups in total. The van der Waals surface area contributed by atoms with Crippen molar-refractivity contribution in [2.24, 2.45) is 5.92 Å². The van der Waals surface area contributed by atoms with Gasteiger partial charge in [0.15, 0.2) is 0 Å². The highest BCUT2D eigenvalue weighted by atomic mass is 16.6. The maximum absolute atomic E-state index is 13.5. The summed E-state index contributed by atoms with van der Waals surface area (Å²) in [7, 11) is 0. The normalized spacial score (nSPS) is 21.3. The molecule has 1 aliphatic heterocycles. The zero-order valence-corrected chi connectivity index (χ0v) is 23.8. The van der Waals surface area contributed by atoms with Crippen LogP contribution in [0.15, 0.2) is 60.7 Å². The summed E-state index contributed by atoms with van der Waals surface area (Å²) in [4.78, 5) is 42.2. The molecule has 0 unspecified atom stereocenters. The van der Waals surface area contributed by atoms with E-state index in [0.717, 1.165) is 36.9 Å². The first kappa shape index (κ1) is 29.2. The zero-order chi connectivity index (χ0) is 28.5. The van der Waals surface area contributed by atoms with Crippen LogP contribution in [-0.4, -0.2) is 66.9 Å². The Balaban J connectivity index is 1.30. The Morgan fingerprint density at radius 3 is 2.20 bits per heavy atom. The minimum absolute atomic E-state index is 0.0872. The fourth-order valence-corrected chi connectivity index (χ4v) is 5.26. The Labute approximate surface area is 237 Å². The van der Waals surface area contributed by atoms with Crippen molar-refractivity contribution < 1.29 is 23.9 Å². The van der Waals surface area contributed by atoms with Gasteiger partial charge in [0.1, 0.15) is 18.2 Å². The molecule has 2 aliphatic rings. The molecule has 1 saturated carbocycles. The number of amides is 3. The molecule has 0 radical (unpaired) electrons. The van der Waals surface area contributed by atoms with Crippen LogP contribution in [0.5, 0.6) is 0 Å². The second kappa shape index (κ2) is 13.5. The van der Waals surface area contributed by atoms with E-state index in [4.69, 9.17) is 9.47 Å². The smallest absolute Gasteiger partial charge is 0.410 e. The second-order valence-corrected chi connectivity index (χ2v) is 11.6. The fourth-order valence-electron chi connectivity index (χ4n) is 5.26. The molecular weight excluding hydrogens is 508 g/mol. The summed E-state index contributed by atoms with van der Waals surface area (Å²) >= 11 is 0. The van der Waals surface area contributed by atoms with Gasteiger partial charge >= 0.3 is 12.2 Å². The summed E-state index contributed by atoms with van der Waals surface area (Å²) in [5.41, 5.74) is 1.35. The van der Waals surface area contributed by atoms with E-state index < -0.39 is 17.7 Å². The van der Waals surface area contributed by atoms with E-state index in [1.165, 1.54) is 0 Å². The molecule has 2 aromatic carbocycles. The lowest BCUT2D eigenvalue weighted by atomic mass is 9.86. The number of rotatable bonds is 7. The van der Waals surface area contributed by atoms with Crippen LogP contribution in [-0.2, 0) is 20.9 Å². The Kier molecular flexibility index (Phi) is 9.90. The predicted octanol–water partition coefficient (Wildman–Crippen LogP) is 4.71. The van der Waals surface area contributed by atoms with E-state index in [1.54, 1.807) is 4.90 Å². The number of carbonyl (C=O) groups excluding carboxylic acids is 3. The number of piperazine rings is 1. The summed E-state index contributed by atoms with van der Waals surface area (Å²) < 4.78 is 10.9. The second-order valence-electron chi connectivity index (χ2n) is 11.6. The summed E-state index contributed by atoms with van der Waals surface area (Å²) in [5.74, 6) is 0.236. The van der Waals surface area contributed by atoms with Gasteiger partial charge in [-0.1, -0.05) is 48.5 Å². The molecule has 1 atom stereocenters. The van der Waals surface area contributed by atoms with Gasteiger partial charge in [0.25, 0.3) is 0 Å². The SMILES string of the molecule is CC(C)(C)OC(=O)NC1CCC(CNC(=O)[C@@H]2CN(C(=O)OCc3ccccc3)CCN2c2ccccc2)CC1. The molecule has 0 spiro atoms. The van der Waals surface area contributed by atoms with Gasteiger partial charge in [-0.25, -0.2) is 9.59 Å². The van der Waals surface area contributed by atoms with Crippen LogP contribution in [0.2, 0.25) is 0 Å². The van der Waals surface area contributed by atoms with Gasteiger partial charge in [-0.3, -0.25) is 4.79 Å². The van der Waals surface area contributed by atoms with Crippen molar-refractivity contribution in [3.8, 4) is 0 Å². The molecule has 9 heteroatoms. The topological polar surface area (TPSA) is 100 Å². The molecule has 4 rings (SSSR count). The molecule has 0 bridgehead atoms. The summed E-state index contributed by atoms with van der Waals surface area (Å²) in [6.07, 6.45) is 2.72. The van der Waals surface area contributed by atoms with Crippen molar-refractivity contribution in [1.82, 2.24) is 15.5 Å². The Bertz CT molecular complexity index is 1110. The lowest BCUT2D eigenvalue weighted by Gasteiger charge is -2.41. The van der Waals surface area contributed by atoms with E-state index in [-0.39, 0.29) is 31.2 Å². The van der Waals surface area contributed by atoms with Crippen LogP contribution in [0.25, 0.3) is 0 Å². The monoisotopic (exact) mass is 550 g/mol. The predicted molar refractivity (Wildman–Crippen MR) is 154 cm³/mol. The van der Waals surface area contributed by atoms with E-state index >= 15 is 0 Å². The minimum Gasteiger partial charge on any atom is -0.445 e. The number of benzene rings is 2. The molecule has 216 valence electrons. The number of nitrogens with zero attached hydrogens (tertiary/aromatic N) is 2. The molecule has 2 fully saturated rings. The third-order valence-corrected chi connectivity index (χ3v) is 7.37. The molecule has 1 aliphatic carbocycles. The van der Waals surface area contributed by atoms with Gasteiger partial charge in [0, 0.05) is 31.4 Å². The summed E-state index contributed by atoms with van der Waals surface area (Å²) in [6, 6.07) is 19.0. The van der Waals surface area contributed by atoms with Crippen molar-refractivity contribution in [2.45, 2.75) is 70.7 Å². The van der Waals surface area contributed by atoms with Gasteiger partial charge in [-0.2, -0.15) is 0 Å². The number of para-hydroxylation sites is 1. The van der Waals surface area contributed by atoms with Crippen LogP contribution in [0.3, 0.4) is 0 Å². The van der Waals surface area contributed by atoms with Crippen molar-refractivity contribution >= 4 is 23.8 Å². The molecule has 2 aromatic rings. The van der Waals surface area contributed by atoms with Gasteiger partial charge in [-0.15, -0.1) is 0 Å². The maximum Gasteiger partial charge on any atom is 0.410 e. The third kappa shape index (κ3) is 8.63. The van der Waals surface area contributed by atoms with Crippen LogP contribution < -0.4 is 15.5 Å². The number of hydrogen-bond acceptors (Lipinski definition) is 6. The summed E-state index contributed by atoms with van der Waals surface area (Å²) in [5, 5.41) is 6.12. The minimum atomic E-state index is -0.523. The molecule has 40 heavy (non-hydrogen) atoms. The first-order chi connectivity index (χ1) is 19.2. The van der Waals surface area contributed by atoms with E-state index in [0.29, 0.717) is 25.6 Å². The van der Waals surface area contributed by atoms with Crippen LogP contribution in [0.4, 0.5) is 15.3 Å². The largest absolute Gasteiger partial charge is 0.445 e. The first-order valence-electron chi connectivity index (χ1n) is 14.2. The molecule has 1 saturated heterocycles. The van der Waals surface area contributed by atoms with Crippen molar-refractivity contribution in [3.05, 3.63) is 66.2 Å². The number of ether oxygens (including phenoxy) is 2. The number of alkyl carbamates (subject to hydrolysis) is 1. The lowest BCUT2D eigenvalue weighted by Crippen LogP contribution is -2.60. The van der Waals surface area contributed by atoms with Crippen LogP contribution in [0.1, 0.15) is 52.0 Å². The van der Waals surface area contributed by atoms with E-state index in [9.17, 15) is 14.4 Å². The van der Waals surface area contributed by atoms with Crippen LogP contribution >= 0.6 is 0 Å². The average Bonchev–Trinajstić information content (AvgIpc) is 2.95. The van der Waals surface area contributed by atoms with Crippen molar-refractivity contribution in [3.63, 3.8) is 0 Å². The maximum atomic E-state index is 13.5. The van der Waals surface area contributed by atoms with Crippen molar-refractivity contribution in [2.75, 3.05) is 31.1 Å². The third-order valence-electron chi connectivity index (χ3n) is 7.37. The lowest BCUT2D eigenvalue weighted by molar-refractivity contribution is -0.123. The van der Waals surface area contributed by atoms with Crippen LogP contribution in [0, 0.1) is 5.92 Å². The zero-order valence-electron chi connectivity index (χ0n) is 23.8. The van der Waals surface area contributed by atoms with E-state index in [2.05, 4.69) is 15.5 Å². The standard InChI is InChI=1S/C31H42N4O5/c1-31(2,3)40-29(37)33-25-16-14-23(15-17-25)20-32-28(36)27-21-34(18-19-35(27)26-12-8-5-9-13-26)30(38)39-22-24-10-6-4-7-11-24/h4-13,23,25,27H,14-22H2,1-3H3,(H,32,36)(H,33,37)/t23?,25?,27-/m0/s1. The highest BCUT2D eigenvalue weighted by Gasteiger charge is 2.35. The fraction of sp³-hybridized carbons (Fsp3) is 0.516. The number of nitrogens with one attached hydrogen (secondary N) is 2. The number of hydrogen-bond donors (Lipinski definition) is 2. The Hall–Kier alpha value is -3.75. The van der Waals surface area contributed by atoms with Gasteiger partial charge in [-0.05, 0) is 70.1 Å². The average molecular weight is 551 g/mol. The quantitative estimate of drug-likeness (QED) is 0.518. The van der Waals surface area contributed by atoms with Gasteiger partial charge in [0.05, 0.1) is 6.54 Å². The number of anilines is 1. The van der Waals surface area contributed by atoms with Gasteiger partial charge < -0.3 is 29.9 Å². The first-order valence-corrected chi connectivity index (χ1v) is 14.2. The van der Waals surface area contributed by atoms with Gasteiger partial charge in [0.2, 0.25) is 5.91 Å². The molecule has 0 aromatic heterocycles. The van der Waals surface area contributed by atoms with Crippen molar-refractivity contribution in [1.29, 1.82) is 0 Å².